The van der Waals surface area contributed by atoms with Crippen molar-refractivity contribution >= 4 is 34.4 Å². The van der Waals surface area contributed by atoms with Crippen molar-refractivity contribution in [1.82, 2.24) is 20.9 Å². The van der Waals surface area contributed by atoms with Crippen molar-refractivity contribution in [2.75, 3.05) is 13.1 Å². The maximum absolute atomic E-state index is 14.5. The first-order valence-corrected chi connectivity index (χ1v) is 23.4. The number of halogens is 2. The second-order valence-corrected chi connectivity index (χ2v) is 21.0. The first-order valence-electron chi connectivity index (χ1n) is 20.2. The van der Waals surface area contributed by atoms with Crippen molar-refractivity contribution in [2.45, 2.75) is 129 Å². The van der Waals surface area contributed by atoms with Crippen molar-refractivity contribution < 1.29 is 45.1 Å². The summed E-state index contributed by atoms with van der Waals surface area (Å²) < 4.78 is 18.2. The van der Waals surface area contributed by atoms with Gasteiger partial charge in [0.2, 0.25) is 5.91 Å². The zero-order valence-corrected chi connectivity index (χ0v) is 36.0. The Labute approximate surface area is 341 Å². The number of nitrogens with zero attached hydrogens (tertiary/aromatic N) is 1. The number of nitrogens with one attached hydrogen (secondary N) is 3. The molecule has 0 spiro atoms. The molecule has 2 heterocycles. The standard InChI is InChI=1S/C44H59FIN4O4S/c1-27-40(55-20-18-46-27)32-16-14-31(15-17-32)28(2)48-42(53)38-13-8-19-50(38)43(54)41(44(3,4)5)49-39(52)22-29-9-6-10-30(21-29)26-47-34-11-7-12-36-33(23-34)24-35(51)25-37(36)45/h14-18,20,24-25,28-30,34,38,41,47,51H,6-13,19,21-23,26H2,1-5H3,(H,48,53)(H,49,52)/q-1/t28-,29?,30?,34-,38-,41+/m0/s1. The number of phenolic OH excluding ortho intramolecular Hbond substituents is 1. The fourth-order valence-corrected chi connectivity index (χ4v) is 12.2. The van der Waals surface area contributed by atoms with Gasteiger partial charge < -0.3 is 15.7 Å². The minimum atomic E-state index is -0.741. The molecule has 2 unspecified atom stereocenters. The van der Waals surface area contributed by atoms with Crippen LogP contribution in [0.15, 0.2) is 49.5 Å². The van der Waals surface area contributed by atoms with Gasteiger partial charge in [-0.3, -0.25) is 9.59 Å². The summed E-state index contributed by atoms with van der Waals surface area (Å²) in [7, 11) is 0. The van der Waals surface area contributed by atoms with Gasteiger partial charge in [-0.25, -0.2) is 4.39 Å². The number of allylic oxidation sites excluding steroid dienone is 1. The number of thioether (sulfide) groups is 1. The molecule has 1 saturated heterocycles. The van der Waals surface area contributed by atoms with E-state index >= 15 is 0 Å². The van der Waals surface area contributed by atoms with Crippen molar-refractivity contribution in [2.24, 2.45) is 17.3 Å². The summed E-state index contributed by atoms with van der Waals surface area (Å²) in [6.07, 6.45) is 9.05. The van der Waals surface area contributed by atoms with Gasteiger partial charge in [0.15, 0.2) is 0 Å². The number of benzene rings is 2. The summed E-state index contributed by atoms with van der Waals surface area (Å²) in [5, 5.41) is 22.2. The predicted molar refractivity (Wildman–Crippen MR) is 215 cm³/mol. The molecule has 8 nitrogen and oxygen atoms in total. The number of phenols is 1. The minimum absolute atomic E-state index is 0.0188. The van der Waals surface area contributed by atoms with E-state index in [0.717, 1.165) is 68.2 Å². The molecule has 0 bridgehead atoms. The van der Waals surface area contributed by atoms with Gasteiger partial charge in [0.1, 0.15) is 17.6 Å². The van der Waals surface area contributed by atoms with Crippen LogP contribution >= 0.6 is 11.8 Å². The molecule has 6 atom stereocenters. The molecule has 11 heteroatoms. The van der Waals surface area contributed by atoms with E-state index in [-0.39, 0.29) is 68.5 Å². The van der Waals surface area contributed by atoms with Crippen LogP contribution in [0.1, 0.15) is 121 Å². The molecule has 1 saturated carbocycles. The number of fused-ring (bicyclic) bond motifs is 1. The van der Waals surface area contributed by atoms with E-state index in [1.807, 2.05) is 27.7 Å². The fraction of sp³-hybridized carbons (Fsp3) is 0.568. The second-order valence-electron chi connectivity index (χ2n) is 17.1. The number of carbonyl (C=O) groups is 3. The van der Waals surface area contributed by atoms with Crippen LogP contribution in [0, 0.1) is 23.1 Å². The summed E-state index contributed by atoms with van der Waals surface area (Å²) in [5.41, 5.74) is 3.31. The number of amides is 3. The van der Waals surface area contributed by atoms with Crippen molar-refractivity contribution in [3.05, 3.63) is 77.5 Å². The third-order valence-corrected chi connectivity index (χ3v) is 15.9. The molecule has 3 amide bonds. The van der Waals surface area contributed by atoms with Crippen LogP contribution in [-0.2, 0) is 27.2 Å². The predicted octanol–water partition coefficient (Wildman–Crippen LogP) is 4.96. The molecule has 0 aromatic heterocycles. The Hall–Kier alpha value is -2.90. The number of hydrogen-bond acceptors (Lipinski definition) is 6. The van der Waals surface area contributed by atoms with Gasteiger partial charge in [-0.2, -0.15) is 0 Å². The van der Waals surface area contributed by atoms with Crippen LogP contribution in [0.2, 0.25) is 0 Å². The summed E-state index contributed by atoms with van der Waals surface area (Å²) in [4.78, 5) is 44.6. The van der Waals surface area contributed by atoms with E-state index in [1.54, 1.807) is 22.7 Å². The summed E-state index contributed by atoms with van der Waals surface area (Å²) in [6, 6.07) is 10.0. The molecule has 4 N–H and O–H groups in total. The normalized spacial score (nSPS) is 24.3. The Morgan fingerprint density at radius 2 is 1.78 bits per heavy atom. The van der Waals surface area contributed by atoms with Gasteiger partial charge in [-0.05, 0) is 85.9 Å². The number of hydrogen-bond donors (Lipinski definition) is 4. The average molecular weight is 886 g/mol. The van der Waals surface area contributed by atoms with Crippen LogP contribution in [0.5, 0.6) is 5.75 Å². The number of aromatic hydroxyl groups is 1. The number of rotatable bonds is 11. The van der Waals surface area contributed by atoms with E-state index in [2.05, 4.69) is 56.6 Å². The Morgan fingerprint density at radius 1 is 1.02 bits per heavy atom. The monoisotopic (exact) mass is 885 g/mol. The zero-order chi connectivity index (χ0) is 39.3. The van der Waals surface area contributed by atoms with E-state index < -0.39 is 17.5 Å². The molecule has 6 rings (SSSR count). The Balaban J connectivity index is 1.01. The van der Waals surface area contributed by atoms with E-state index in [0.29, 0.717) is 38.1 Å². The topological polar surface area (TPSA) is 111 Å². The molecule has 300 valence electrons. The maximum atomic E-state index is 14.5. The molecular weight excluding hydrogens is 826 g/mol. The van der Waals surface area contributed by atoms with E-state index in [9.17, 15) is 23.9 Å². The third kappa shape index (κ3) is 10.7. The zero-order valence-electron chi connectivity index (χ0n) is 33.1. The summed E-state index contributed by atoms with van der Waals surface area (Å²) >= 11 is 1.72. The number of carbonyl (C=O) groups excluding carboxylic acids is 3. The first kappa shape index (κ1) is 41.7. The van der Waals surface area contributed by atoms with Crippen LogP contribution in [0.25, 0.3) is 4.91 Å². The van der Waals surface area contributed by atoms with Crippen LogP contribution < -0.4 is 37.2 Å². The molecule has 2 aromatic rings. The van der Waals surface area contributed by atoms with Crippen molar-refractivity contribution in [3.63, 3.8) is 0 Å². The molecule has 4 aliphatic rings. The summed E-state index contributed by atoms with van der Waals surface area (Å²) in [6.45, 7) is 11.4. The number of likely N-dealkylation sites (tertiary alicyclic amines) is 1. The molecule has 2 aliphatic heterocycles. The second kappa shape index (κ2) is 18.6. The molecule has 2 aromatic carbocycles. The molecule has 2 aliphatic carbocycles. The molecular formula is C44H59FIN4O4S-. The van der Waals surface area contributed by atoms with Gasteiger partial charge in [0.05, 0.1) is 0 Å². The van der Waals surface area contributed by atoms with Gasteiger partial charge in [0.25, 0.3) is 0 Å². The van der Waals surface area contributed by atoms with Gasteiger partial charge >= 0.3 is 158 Å². The van der Waals surface area contributed by atoms with Gasteiger partial charge in [-0.1, -0.05) is 27.2 Å². The molecule has 55 heavy (non-hydrogen) atoms. The Bertz CT molecular complexity index is 1780. The van der Waals surface area contributed by atoms with Crippen molar-refractivity contribution in [3.8, 4) is 5.75 Å². The average Bonchev–Trinajstić information content (AvgIpc) is 3.55. The fourth-order valence-electron chi connectivity index (χ4n) is 8.84. The molecule has 2 fully saturated rings. The SMILES string of the molecule is CC1=C(c2ccc([C@H](C)NC(=O)[C@@H]3CCCN3C(=O)[C@@H](NC(=O)CC3CCCC(CN[C@H]4CCCc5c(F)cc(O)cc5C4)C3)C(C)(C)C)cc2)SC=C[I-]1. The quantitative estimate of drug-likeness (QED) is 0.188. The van der Waals surface area contributed by atoms with Crippen LogP contribution in [0.3, 0.4) is 0 Å². The van der Waals surface area contributed by atoms with Crippen LogP contribution in [0.4, 0.5) is 4.39 Å². The molecule has 0 radical (unpaired) electrons. The van der Waals surface area contributed by atoms with Gasteiger partial charge in [0, 0.05) is 18.5 Å². The summed E-state index contributed by atoms with van der Waals surface area (Å²) in [5.74, 6) is -0.109. The van der Waals surface area contributed by atoms with E-state index in [1.165, 1.54) is 20.1 Å². The Morgan fingerprint density at radius 3 is 2.53 bits per heavy atom. The van der Waals surface area contributed by atoms with Crippen molar-refractivity contribution in [1.29, 1.82) is 0 Å². The first-order chi connectivity index (χ1) is 26.3. The van der Waals surface area contributed by atoms with Crippen LogP contribution in [-0.4, -0.2) is 58.9 Å². The van der Waals surface area contributed by atoms with Gasteiger partial charge in [-0.15, -0.1) is 0 Å². The third-order valence-electron chi connectivity index (χ3n) is 11.8. The Kier molecular flexibility index (Phi) is 14.1. The van der Waals surface area contributed by atoms with E-state index in [4.69, 9.17) is 0 Å².